The fourth-order valence-corrected chi connectivity index (χ4v) is 1.31. The number of aliphatic carboxylic acids is 1. The SMILES string of the molecule is CCCC(O)C(O)(CCC)C(=O)O. The molecule has 13 heavy (non-hydrogen) atoms. The van der Waals surface area contributed by atoms with E-state index in [1.807, 2.05) is 6.92 Å². The standard InChI is InChI=1S/C9H18O4/c1-3-5-7(10)9(13,6-4-2)8(11)12/h7,10,13H,3-6H2,1-2H3,(H,11,12). The van der Waals surface area contributed by atoms with Crippen molar-refractivity contribution in [3.63, 3.8) is 0 Å². The molecule has 0 rings (SSSR count). The number of carbonyl (C=O) groups is 1. The van der Waals surface area contributed by atoms with Crippen LogP contribution in [-0.4, -0.2) is 33.0 Å². The van der Waals surface area contributed by atoms with Crippen molar-refractivity contribution in [2.24, 2.45) is 0 Å². The second-order valence-electron chi connectivity index (χ2n) is 3.28. The summed E-state index contributed by atoms with van der Waals surface area (Å²) < 4.78 is 0. The van der Waals surface area contributed by atoms with E-state index in [9.17, 15) is 15.0 Å². The van der Waals surface area contributed by atoms with Gasteiger partial charge in [0.2, 0.25) is 0 Å². The van der Waals surface area contributed by atoms with E-state index in [1.54, 1.807) is 6.92 Å². The largest absolute Gasteiger partial charge is 0.479 e. The van der Waals surface area contributed by atoms with E-state index >= 15 is 0 Å². The van der Waals surface area contributed by atoms with Gasteiger partial charge in [-0.25, -0.2) is 4.79 Å². The maximum Gasteiger partial charge on any atom is 0.338 e. The Kier molecular flexibility index (Phi) is 4.95. The summed E-state index contributed by atoms with van der Waals surface area (Å²) in [4.78, 5) is 10.7. The van der Waals surface area contributed by atoms with Crippen LogP contribution in [-0.2, 0) is 4.79 Å². The minimum atomic E-state index is -1.97. The van der Waals surface area contributed by atoms with Crippen LogP contribution >= 0.6 is 0 Å². The van der Waals surface area contributed by atoms with Crippen LogP contribution in [0.4, 0.5) is 0 Å². The topological polar surface area (TPSA) is 77.8 Å². The van der Waals surface area contributed by atoms with Crippen LogP contribution in [0.25, 0.3) is 0 Å². The minimum Gasteiger partial charge on any atom is -0.479 e. The Balaban J connectivity index is 4.47. The Bertz CT molecular complexity index is 169. The highest BCUT2D eigenvalue weighted by molar-refractivity contribution is 5.77. The van der Waals surface area contributed by atoms with E-state index < -0.39 is 17.7 Å². The van der Waals surface area contributed by atoms with Crippen molar-refractivity contribution in [1.82, 2.24) is 0 Å². The van der Waals surface area contributed by atoms with Gasteiger partial charge in [-0.2, -0.15) is 0 Å². The number of hydrogen-bond acceptors (Lipinski definition) is 3. The Morgan fingerprint density at radius 2 is 1.92 bits per heavy atom. The molecule has 0 aromatic heterocycles. The van der Waals surface area contributed by atoms with Gasteiger partial charge in [0.1, 0.15) is 0 Å². The Hall–Kier alpha value is -0.610. The van der Waals surface area contributed by atoms with E-state index in [1.165, 1.54) is 0 Å². The molecule has 0 aromatic carbocycles. The average Bonchev–Trinajstić information content (AvgIpc) is 2.04. The van der Waals surface area contributed by atoms with E-state index in [-0.39, 0.29) is 6.42 Å². The molecule has 4 nitrogen and oxygen atoms in total. The second kappa shape index (κ2) is 5.19. The Morgan fingerprint density at radius 3 is 2.23 bits per heavy atom. The number of carboxylic acid groups (broad SMARTS) is 1. The quantitative estimate of drug-likeness (QED) is 0.578. The minimum absolute atomic E-state index is 0.0868. The van der Waals surface area contributed by atoms with Crippen LogP contribution in [0.2, 0.25) is 0 Å². The molecule has 0 aliphatic heterocycles. The third-order valence-electron chi connectivity index (χ3n) is 2.11. The number of hydrogen-bond donors (Lipinski definition) is 3. The first kappa shape index (κ1) is 12.4. The normalized spacial score (nSPS) is 17.8. The zero-order chi connectivity index (χ0) is 10.5. The molecule has 3 N–H and O–H groups in total. The summed E-state index contributed by atoms with van der Waals surface area (Å²) in [5, 5.41) is 27.8. The lowest BCUT2D eigenvalue weighted by Crippen LogP contribution is -2.49. The smallest absolute Gasteiger partial charge is 0.338 e. The van der Waals surface area contributed by atoms with Crippen molar-refractivity contribution < 1.29 is 20.1 Å². The molecule has 0 spiro atoms. The summed E-state index contributed by atoms with van der Waals surface area (Å²) in [7, 11) is 0. The molecule has 2 atom stereocenters. The Morgan fingerprint density at radius 1 is 1.38 bits per heavy atom. The van der Waals surface area contributed by atoms with Crippen molar-refractivity contribution >= 4 is 5.97 Å². The predicted octanol–water partition coefficient (Wildman–Crippen LogP) is 0.763. The van der Waals surface area contributed by atoms with Gasteiger partial charge in [-0.1, -0.05) is 26.7 Å². The molecule has 0 bridgehead atoms. The monoisotopic (exact) mass is 190 g/mol. The van der Waals surface area contributed by atoms with Crippen molar-refractivity contribution in [2.75, 3.05) is 0 Å². The number of carboxylic acids is 1. The van der Waals surface area contributed by atoms with Gasteiger partial charge in [0.25, 0.3) is 0 Å². The number of aliphatic hydroxyl groups is 2. The van der Waals surface area contributed by atoms with Crippen LogP contribution in [0.1, 0.15) is 39.5 Å². The Labute approximate surface area is 78.2 Å². The average molecular weight is 190 g/mol. The van der Waals surface area contributed by atoms with Crippen molar-refractivity contribution in [1.29, 1.82) is 0 Å². The molecular formula is C9H18O4. The molecular weight excluding hydrogens is 172 g/mol. The number of aliphatic hydroxyl groups excluding tert-OH is 1. The van der Waals surface area contributed by atoms with Gasteiger partial charge in [-0.3, -0.25) is 0 Å². The molecule has 0 aromatic rings. The molecule has 4 heteroatoms. The lowest BCUT2D eigenvalue weighted by Gasteiger charge is -2.28. The highest BCUT2D eigenvalue weighted by Crippen LogP contribution is 2.21. The molecule has 0 aliphatic carbocycles. The maximum absolute atomic E-state index is 10.7. The zero-order valence-corrected chi connectivity index (χ0v) is 8.16. The summed E-state index contributed by atoms with van der Waals surface area (Å²) in [5.41, 5.74) is -1.97. The molecule has 0 radical (unpaired) electrons. The van der Waals surface area contributed by atoms with E-state index in [0.29, 0.717) is 19.3 Å². The molecule has 0 saturated heterocycles. The highest BCUT2D eigenvalue weighted by atomic mass is 16.4. The van der Waals surface area contributed by atoms with Gasteiger partial charge in [0, 0.05) is 0 Å². The second-order valence-corrected chi connectivity index (χ2v) is 3.28. The molecule has 0 heterocycles. The van der Waals surface area contributed by atoms with Crippen molar-refractivity contribution in [2.45, 2.75) is 51.2 Å². The highest BCUT2D eigenvalue weighted by Gasteiger charge is 2.41. The van der Waals surface area contributed by atoms with Crippen LogP contribution < -0.4 is 0 Å². The van der Waals surface area contributed by atoms with Crippen LogP contribution in [0.5, 0.6) is 0 Å². The summed E-state index contributed by atoms with van der Waals surface area (Å²) in [5.74, 6) is -1.34. The fourth-order valence-electron chi connectivity index (χ4n) is 1.31. The van der Waals surface area contributed by atoms with Crippen molar-refractivity contribution in [3.8, 4) is 0 Å². The van der Waals surface area contributed by atoms with E-state index in [2.05, 4.69) is 0 Å². The van der Waals surface area contributed by atoms with E-state index in [4.69, 9.17) is 5.11 Å². The molecule has 0 aliphatic rings. The lowest BCUT2D eigenvalue weighted by atomic mass is 9.89. The van der Waals surface area contributed by atoms with Gasteiger partial charge in [-0.15, -0.1) is 0 Å². The van der Waals surface area contributed by atoms with Crippen LogP contribution in [0.15, 0.2) is 0 Å². The van der Waals surface area contributed by atoms with Gasteiger partial charge in [0.05, 0.1) is 6.10 Å². The third kappa shape index (κ3) is 2.97. The van der Waals surface area contributed by atoms with Gasteiger partial charge >= 0.3 is 5.97 Å². The fraction of sp³-hybridized carbons (Fsp3) is 0.889. The van der Waals surface area contributed by atoms with Crippen LogP contribution in [0.3, 0.4) is 0 Å². The molecule has 0 fully saturated rings. The van der Waals surface area contributed by atoms with Gasteiger partial charge in [0.15, 0.2) is 5.60 Å². The summed E-state index contributed by atoms with van der Waals surface area (Å²) in [6, 6.07) is 0. The zero-order valence-electron chi connectivity index (χ0n) is 8.16. The molecule has 0 amide bonds. The van der Waals surface area contributed by atoms with Crippen molar-refractivity contribution in [3.05, 3.63) is 0 Å². The first-order valence-corrected chi connectivity index (χ1v) is 4.62. The first-order valence-electron chi connectivity index (χ1n) is 4.62. The van der Waals surface area contributed by atoms with Gasteiger partial charge in [-0.05, 0) is 12.8 Å². The first-order chi connectivity index (χ1) is 5.99. The summed E-state index contributed by atoms with van der Waals surface area (Å²) in [6.07, 6.45) is 0.408. The maximum atomic E-state index is 10.7. The predicted molar refractivity (Wildman–Crippen MR) is 48.4 cm³/mol. The summed E-state index contributed by atoms with van der Waals surface area (Å²) >= 11 is 0. The third-order valence-corrected chi connectivity index (χ3v) is 2.11. The van der Waals surface area contributed by atoms with E-state index in [0.717, 1.165) is 0 Å². The number of rotatable bonds is 6. The van der Waals surface area contributed by atoms with Gasteiger partial charge < -0.3 is 15.3 Å². The summed E-state index contributed by atoms with van der Waals surface area (Å²) in [6.45, 7) is 3.60. The molecule has 2 unspecified atom stereocenters. The molecule has 78 valence electrons. The lowest BCUT2D eigenvalue weighted by molar-refractivity contribution is -0.173. The van der Waals surface area contributed by atoms with Crippen LogP contribution in [0, 0.1) is 0 Å². The molecule has 0 saturated carbocycles.